The van der Waals surface area contributed by atoms with E-state index in [0.717, 1.165) is 11.4 Å². The number of anilines is 2. The van der Waals surface area contributed by atoms with Crippen LogP contribution in [0.5, 0.6) is 5.75 Å². The van der Waals surface area contributed by atoms with Gasteiger partial charge in [0.05, 0.1) is 13.7 Å². The number of hydrogen-bond donors (Lipinski definition) is 1. The number of hydrogen-bond acceptors (Lipinski definition) is 7. The molecule has 6 nitrogen and oxygen atoms in total. The Labute approximate surface area is 133 Å². The van der Waals surface area contributed by atoms with Crippen molar-refractivity contribution in [2.45, 2.75) is 12.1 Å². The number of ether oxygens (including phenoxy) is 2. The Balaban J connectivity index is 2.31. The number of thioether (sulfide) groups is 1. The molecule has 1 heterocycles. The Hall–Kier alpha value is -2.28. The first-order valence-electron chi connectivity index (χ1n) is 6.67. The van der Waals surface area contributed by atoms with E-state index >= 15 is 0 Å². The van der Waals surface area contributed by atoms with E-state index in [1.54, 1.807) is 14.0 Å². The molecule has 0 atom stereocenters. The van der Waals surface area contributed by atoms with Gasteiger partial charge in [-0.05, 0) is 37.4 Å². The lowest BCUT2D eigenvalue weighted by atomic mass is 10.2. The van der Waals surface area contributed by atoms with E-state index in [-0.39, 0.29) is 0 Å². The molecule has 2 aromatic rings. The number of benzene rings is 1. The van der Waals surface area contributed by atoms with Crippen molar-refractivity contribution in [1.82, 2.24) is 9.97 Å². The Kier molecular flexibility index (Phi) is 5.60. The first-order chi connectivity index (χ1) is 10.7. The summed E-state index contributed by atoms with van der Waals surface area (Å²) in [5, 5.41) is 3.69. The molecule has 0 amide bonds. The second-order valence-electron chi connectivity index (χ2n) is 4.19. The Bertz CT molecular complexity index is 647. The van der Waals surface area contributed by atoms with Crippen LogP contribution in [-0.4, -0.2) is 35.9 Å². The molecule has 116 valence electrons. The minimum Gasteiger partial charge on any atom is -0.497 e. The van der Waals surface area contributed by atoms with Crippen LogP contribution in [-0.2, 0) is 4.74 Å². The molecular weight excluding hydrogens is 302 g/mol. The van der Waals surface area contributed by atoms with E-state index in [9.17, 15) is 4.79 Å². The van der Waals surface area contributed by atoms with Gasteiger partial charge in [-0.3, -0.25) is 0 Å². The average molecular weight is 319 g/mol. The molecule has 0 aliphatic rings. The summed E-state index contributed by atoms with van der Waals surface area (Å²) in [6.45, 7) is 2.05. The lowest BCUT2D eigenvalue weighted by Crippen LogP contribution is -2.10. The van der Waals surface area contributed by atoms with E-state index in [2.05, 4.69) is 15.3 Å². The molecule has 0 aliphatic heterocycles. The van der Waals surface area contributed by atoms with Gasteiger partial charge in [0, 0.05) is 11.9 Å². The van der Waals surface area contributed by atoms with Crippen LogP contribution in [0.15, 0.2) is 35.6 Å². The predicted molar refractivity (Wildman–Crippen MR) is 86.0 cm³/mol. The van der Waals surface area contributed by atoms with Gasteiger partial charge in [0.1, 0.15) is 17.1 Å². The molecule has 0 spiro atoms. The van der Waals surface area contributed by atoms with Gasteiger partial charge < -0.3 is 14.8 Å². The van der Waals surface area contributed by atoms with Crippen LogP contribution >= 0.6 is 11.8 Å². The molecule has 1 aromatic heterocycles. The van der Waals surface area contributed by atoms with E-state index < -0.39 is 5.97 Å². The van der Waals surface area contributed by atoms with Gasteiger partial charge in [0.25, 0.3) is 0 Å². The third-order valence-corrected chi connectivity index (χ3v) is 3.36. The standard InChI is InChI=1S/C15H17N3O3S/c1-4-21-14(19)12-9-16-15(22-3)18-13(12)17-10-5-7-11(20-2)8-6-10/h5-9H,4H2,1-3H3,(H,16,17,18). The second kappa shape index (κ2) is 7.65. The number of rotatable bonds is 6. The molecular formula is C15H17N3O3S. The van der Waals surface area contributed by atoms with Crippen LogP contribution in [0.25, 0.3) is 0 Å². The van der Waals surface area contributed by atoms with Crippen LogP contribution < -0.4 is 10.1 Å². The molecule has 0 saturated carbocycles. The summed E-state index contributed by atoms with van der Waals surface area (Å²) < 4.78 is 10.1. The number of aromatic nitrogens is 2. The quantitative estimate of drug-likeness (QED) is 0.498. The van der Waals surface area contributed by atoms with E-state index in [1.807, 2.05) is 30.5 Å². The number of nitrogens with zero attached hydrogens (tertiary/aromatic N) is 2. The van der Waals surface area contributed by atoms with Crippen molar-refractivity contribution in [2.24, 2.45) is 0 Å². The molecule has 0 unspecified atom stereocenters. The largest absolute Gasteiger partial charge is 0.497 e. The summed E-state index contributed by atoms with van der Waals surface area (Å²) in [6, 6.07) is 7.33. The van der Waals surface area contributed by atoms with Gasteiger partial charge >= 0.3 is 5.97 Å². The average Bonchev–Trinajstić information content (AvgIpc) is 2.55. The van der Waals surface area contributed by atoms with Gasteiger partial charge in [-0.25, -0.2) is 14.8 Å². The van der Waals surface area contributed by atoms with E-state index in [0.29, 0.717) is 23.1 Å². The Morgan fingerprint density at radius 2 is 2.05 bits per heavy atom. The fourth-order valence-corrected chi connectivity index (χ4v) is 2.07. The van der Waals surface area contributed by atoms with Gasteiger partial charge in [-0.15, -0.1) is 0 Å². The van der Waals surface area contributed by atoms with Crippen molar-refractivity contribution in [2.75, 3.05) is 25.3 Å². The maximum Gasteiger partial charge on any atom is 0.343 e. The first kappa shape index (κ1) is 16.1. The maximum absolute atomic E-state index is 12.0. The van der Waals surface area contributed by atoms with Gasteiger partial charge in [0.2, 0.25) is 0 Å². The Morgan fingerprint density at radius 3 is 2.64 bits per heavy atom. The summed E-state index contributed by atoms with van der Waals surface area (Å²) in [5.74, 6) is 0.720. The summed E-state index contributed by atoms with van der Waals surface area (Å²) in [5.41, 5.74) is 1.09. The second-order valence-corrected chi connectivity index (χ2v) is 4.97. The van der Waals surface area contributed by atoms with Crippen LogP contribution in [0.3, 0.4) is 0 Å². The maximum atomic E-state index is 12.0. The SMILES string of the molecule is CCOC(=O)c1cnc(SC)nc1Nc1ccc(OC)cc1. The van der Waals surface area contributed by atoms with Crippen molar-refractivity contribution in [3.05, 3.63) is 36.0 Å². The molecule has 0 fully saturated rings. The molecule has 0 bridgehead atoms. The van der Waals surface area contributed by atoms with Crippen LogP contribution in [0.4, 0.5) is 11.5 Å². The fraction of sp³-hybridized carbons (Fsp3) is 0.267. The van der Waals surface area contributed by atoms with Crippen LogP contribution in [0, 0.1) is 0 Å². The van der Waals surface area contributed by atoms with Gasteiger partial charge in [-0.1, -0.05) is 11.8 Å². The molecule has 1 aromatic carbocycles. The zero-order chi connectivity index (χ0) is 15.9. The lowest BCUT2D eigenvalue weighted by molar-refractivity contribution is 0.0526. The lowest BCUT2D eigenvalue weighted by Gasteiger charge is -2.11. The Morgan fingerprint density at radius 1 is 1.32 bits per heavy atom. The molecule has 2 rings (SSSR count). The third kappa shape index (κ3) is 3.88. The highest BCUT2D eigenvalue weighted by molar-refractivity contribution is 7.98. The number of carbonyl (C=O) groups excluding carboxylic acids is 1. The van der Waals surface area contributed by atoms with Crippen LogP contribution in [0.2, 0.25) is 0 Å². The van der Waals surface area contributed by atoms with Crippen molar-refractivity contribution in [3.8, 4) is 5.75 Å². The predicted octanol–water partition coefficient (Wildman–Crippen LogP) is 3.13. The van der Waals surface area contributed by atoms with Crippen molar-refractivity contribution < 1.29 is 14.3 Å². The minimum atomic E-state index is -0.453. The highest BCUT2D eigenvalue weighted by Gasteiger charge is 2.16. The molecule has 7 heteroatoms. The minimum absolute atomic E-state index is 0.297. The van der Waals surface area contributed by atoms with Crippen molar-refractivity contribution in [3.63, 3.8) is 0 Å². The molecule has 0 saturated heterocycles. The normalized spacial score (nSPS) is 10.1. The highest BCUT2D eigenvalue weighted by atomic mass is 32.2. The van der Waals surface area contributed by atoms with Crippen molar-refractivity contribution >= 4 is 29.2 Å². The molecule has 0 aliphatic carbocycles. The number of carbonyl (C=O) groups is 1. The smallest absolute Gasteiger partial charge is 0.343 e. The summed E-state index contributed by atoms with van der Waals surface area (Å²) in [7, 11) is 1.61. The van der Waals surface area contributed by atoms with Gasteiger partial charge in [-0.2, -0.15) is 0 Å². The summed E-state index contributed by atoms with van der Waals surface area (Å²) in [6.07, 6.45) is 3.35. The summed E-state index contributed by atoms with van der Waals surface area (Å²) >= 11 is 1.40. The highest BCUT2D eigenvalue weighted by Crippen LogP contribution is 2.23. The first-order valence-corrected chi connectivity index (χ1v) is 7.89. The summed E-state index contributed by atoms with van der Waals surface area (Å²) in [4.78, 5) is 20.4. The molecule has 1 N–H and O–H groups in total. The number of methoxy groups -OCH3 is 1. The zero-order valence-electron chi connectivity index (χ0n) is 12.6. The van der Waals surface area contributed by atoms with Crippen LogP contribution in [0.1, 0.15) is 17.3 Å². The number of nitrogens with one attached hydrogen (secondary N) is 1. The fourth-order valence-electron chi connectivity index (χ4n) is 1.73. The molecule has 0 radical (unpaired) electrons. The van der Waals surface area contributed by atoms with Crippen molar-refractivity contribution in [1.29, 1.82) is 0 Å². The molecule has 22 heavy (non-hydrogen) atoms. The van der Waals surface area contributed by atoms with E-state index in [1.165, 1.54) is 18.0 Å². The third-order valence-electron chi connectivity index (χ3n) is 2.80. The number of esters is 1. The topological polar surface area (TPSA) is 73.3 Å². The monoisotopic (exact) mass is 319 g/mol. The zero-order valence-corrected chi connectivity index (χ0v) is 13.4. The van der Waals surface area contributed by atoms with Gasteiger partial charge in [0.15, 0.2) is 5.16 Å². The van der Waals surface area contributed by atoms with E-state index in [4.69, 9.17) is 9.47 Å².